The molecule has 0 saturated carbocycles. The third-order valence-electron chi connectivity index (χ3n) is 2.77. The summed E-state index contributed by atoms with van der Waals surface area (Å²) in [4.78, 5) is 11.5. The number of nitrogens with zero attached hydrogens (tertiary/aromatic N) is 1. The highest BCUT2D eigenvalue weighted by Crippen LogP contribution is 2.27. The first-order valence-electron chi connectivity index (χ1n) is 5.26. The SMILES string of the molecule is C[C@@H](N)C(=O)NC1CCCc2cn[nH]c21.Cl. The lowest BCUT2D eigenvalue weighted by Gasteiger charge is -2.23. The van der Waals surface area contributed by atoms with Crippen molar-refractivity contribution in [3.8, 4) is 0 Å². The van der Waals surface area contributed by atoms with Crippen molar-refractivity contribution in [3.05, 3.63) is 17.5 Å². The number of amides is 1. The molecule has 0 fully saturated rings. The Bertz CT molecular complexity index is 363. The van der Waals surface area contributed by atoms with Gasteiger partial charge in [-0.3, -0.25) is 9.89 Å². The molecule has 6 heteroatoms. The Morgan fingerprint density at radius 2 is 2.50 bits per heavy atom. The Morgan fingerprint density at radius 3 is 3.19 bits per heavy atom. The minimum Gasteiger partial charge on any atom is -0.346 e. The molecule has 0 aromatic carbocycles. The molecular weight excluding hydrogens is 228 g/mol. The first-order valence-corrected chi connectivity index (χ1v) is 5.26. The number of aryl methyl sites for hydroxylation is 1. The Hall–Kier alpha value is -1.07. The van der Waals surface area contributed by atoms with Crippen LogP contribution in [0.25, 0.3) is 0 Å². The van der Waals surface area contributed by atoms with E-state index in [4.69, 9.17) is 5.73 Å². The smallest absolute Gasteiger partial charge is 0.237 e. The van der Waals surface area contributed by atoms with Gasteiger partial charge in [-0.2, -0.15) is 5.10 Å². The van der Waals surface area contributed by atoms with Crippen molar-refractivity contribution in [1.82, 2.24) is 15.5 Å². The van der Waals surface area contributed by atoms with Gasteiger partial charge in [0.25, 0.3) is 0 Å². The molecular formula is C10H17ClN4O. The van der Waals surface area contributed by atoms with E-state index in [0.29, 0.717) is 0 Å². The van der Waals surface area contributed by atoms with Gasteiger partial charge in [-0.1, -0.05) is 0 Å². The van der Waals surface area contributed by atoms with Crippen molar-refractivity contribution in [2.24, 2.45) is 5.73 Å². The third kappa shape index (κ3) is 2.54. The molecule has 4 N–H and O–H groups in total. The van der Waals surface area contributed by atoms with Crippen LogP contribution in [-0.2, 0) is 11.2 Å². The van der Waals surface area contributed by atoms with Crippen molar-refractivity contribution in [3.63, 3.8) is 0 Å². The number of carbonyl (C=O) groups is 1. The van der Waals surface area contributed by atoms with Gasteiger partial charge >= 0.3 is 0 Å². The molecule has 0 bridgehead atoms. The average Bonchev–Trinajstić information content (AvgIpc) is 2.66. The number of aromatic nitrogens is 2. The summed E-state index contributed by atoms with van der Waals surface area (Å²) < 4.78 is 0. The summed E-state index contributed by atoms with van der Waals surface area (Å²) in [6.45, 7) is 1.69. The van der Waals surface area contributed by atoms with E-state index in [1.165, 1.54) is 5.56 Å². The molecule has 1 unspecified atom stereocenters. The molecule has 0 radical (unpaired) electrons. The highest BCUT2D eigenvalue weighted by Gasteiger charge is 2.24. The third-order valence-corrected chi connectivity index (χ3v) is 2.77. The van der Waals surface area contributed by atoms with Crippen LogP contribution in [0.5, 0.6) is 0 Å². The van der Waals surface area contributed by atoms with Gasteiger partial charge in [0.2, 0.25) is 5.91 Å². The zero-order chi connectivity index (χ0) is 10.8. The lowest BCUT2D eigenvalue weighted by molar-refractivity contribution is -0.122. The number of rotatable bonds is 2. The number of H-pyrrole nitrogens is 1. The zero-order valence-electron chi connectivity index (χ0n) is 9.19. The summed E-state index contributed by atoms with van der Waals surface area (Å²) >= 11 is 0. The predicted molar refractivity (Wildman–Crippen MR) is 63.3 cm³/mol. The lowest BCUT2D eigenvalue weighted by Crippen LogP contribution is -2.41. The standard InChI is InChI=1S/C10H16N4O.ClH/c1-6(11)10(15)13-8-4-2-3-7-5-12-14-9(7)8;/h5-6,8H,2-4,11H2,1H3,(H,12,14)(H,13,15);1H/t6-,8?;/m1./s1. The molecule has 2 rings (SSSR count). The molecule has 0 saturated heterocycles. The van der Waals surface area contributed by atoms with E-state index >= 15 is 0 Å². The number of carbonyl (C=O) groups excluding carboxylic acids is 1. The highest BCUT2D eigenvalue weighted by molar-refractivity contribution is 5.85. The predicted octanol–water partition coefficient (Wildman–Crippen LogP) is 0.672. The van der Waals surface area contributed by atoms with Gasteiger partial charge in [-0.05, 0) is 31.7 Å². The van der Waals surface area contributed by atoms with Gasteiger partial charge in [0.15, 0.2) is 0 Å². The van der Waals surface area contributed by atoms with E-state index in [9.17, 15) is 4.79 Å². The molecule has 16 heavy (non-hydrogen) atoms. The summed E-state index contributed by atoms with van der Waals surface area (Å²) in [5.74, 6) is -0.109. The Morgan fingerprint density at radius 1 is 1.75 bits per heavy atom. The van der Waals surface area contributed by atoms with Crippen LogP contribution in [0.3, 0.4) is 0 Å². The molecule has 0 spiro atoms. The van der Waals surface area contributed by atoms with Crippen LogP contribution in [-0.4, -0.2) is 22.1 Å². The second kappa shape index (κ2) is 5.32. The van der Waals surface area contributed by atoms with Crippen LogP contribution < -0.4 is 11.1 Å². The number of hydrogen-bond acceptors (Lipinski definition) is 3. The van der Waals surface area contributed by atoms with Gasteiger partial charge in [-0.25, -0.2) is 0 Å². The summed E-state index contributed by atoms with van der Waals surface area (Å²) in [7, 11) is 0. The zero-order valence-corrected chi connectivity index (χ0v) is 10.0. The van der Waals surface area contributed by atoms with Gasteiger partial charge in [-0.15, -0.1) is 12.4 Å². The van der Waals surface area contributed by atoms with Gasteiger partial charge in [0.1, 0.15) is 0 Å². The summed E-state index contributed by atoms with van der Waals surface area (Å²) in [5, 5.41) is 9.87. The highest BCUT2D eigenvalue weighted by atomic mass is 35.5. The first kappa shape index (κ1) is 13.0. The molecule has 1 amide bonds. The van der Waals surface area contributed by atoms with E-state index in [1.54, 1.807) is 6.92 Å². The Balaban J connectivity index is 0.00000128. The maximum atomic E-state index is 11.5. The second-order valence-corrected chi connectivity index (χ2v) is 4.05. The maximum absolute atomic E-state index is 11.5. The minimum atomic E-state index is -0.460. The van der Waals surface area contributed by atoms with E-state index in [2.05, 4.69) is 15.5 Å². The molecule has 5 nitrogen and oxygen atoms in total. The fraction of sp³-hybridized carbons (Fsp3) is 0.600. The average molecular weight is 245 g/mol. The van der Waals surface area contributed by atoms with Gasteiger partial charge in [0.05, 0.1) is 24.0 Å². The number of nitrogens with two attached hydrogens (primary N) is 1. The quantitative estimate of drug-likeness (QED) is 0.715. The minimum absolute atomic E-state index is 0. The van der Waals surface area contributed by atoms with Crippen molar-refractivity contribution >= 4 is 18.3 Å². The molecule has 1 aliphatic carbocycles. The molecule has 2 atom stereocenters. The molecule has 1 heterocycles. The van der Waals surface area contributed by atoms with Crippen molar-refractivity contribution in [1.29, 1.82) is 0 Å². The van der Waals surface area contributed by atoms with Crippen LogP contribution in [0.4, 0.5) is 0 Å². The van der Waals surface area contributed by atoms with Crippen molar-refractivity contribution in [2.45, 2.75) is 38.3 Å². The molecule has 1 aromatic rings. The largest absolute Gasteiger partial charge is 0.346 e. The number of halogens is 1. The monoisotopic (exact) mass is 244 g/mol. The summed E-state index contributed by atoms with van der Waals surface area (Å²) in [6.07, 6.45) is 4.90. The van der Waals surface area contributed by atoms with Crippen LogP contribution in [0, 0.1) is 0 Å². The van der Waals surface area contributed by atoms with E-state index < -0.39 is 6.04 Å². The Kier molecular flexibility index (Phi) is 4.32. The normalized spacial score (nSPS) is 20.5. The van der Waals surface area contributed by atoms with E-state index in [0.717, 1.165) is 25.0 Å². The van der Waals surface area contributed by atoms with Crippen molar-refractivity contribution in [2.75, 3.05) is 0 Å². The number of aromatic amines is 1. The topological polar surface area (TPSA) is 83.8 Å². The number of hydrogen-bond donors (Lipinski definition) is 3. The summed E-state index contributed by atoms with van der Waals surface area (Å²) in [6, 6.07) is -0.409. The van der Waals surface area contributed by atoms with E-state index in [-0.39, 0.29) is 24.4 Å². The lowest BCUT2D eigenvalue weighted by atomic mass is 9.93. The fourth-order valence-corrected chi connectivity index (χ4v) is 1.91. The molecule has 0 aliphatic heterocycles. The number of fused-ring (bicyclic) bond motifs is 1. The van der Waals surface area contributed by atoms with Gasteiger partial charge in [0, 0.05) is 0 Å². The second-order valence-electron chi connectivity index (χ2n) is 4.05. The fourth-order valence-electron chi connectivity index (χ4n) is 1.91. The van der Waals surface area contributed by atoms with Crippen LogP contribution in [0.15, 0.2) is 6.20 Å². The van der Waals surface area contributed by atoms with Crippen LogP contribution in [0.2, 0.25) is 0 Å². The molecule has 1 aromatic heterocycles. The summed E-state index contributed by atoms with van der Waals surface area (Å²) in [5.41, 5.74) is 7.75. The van der Waals surface area contributed by atoms with Gasteiger partial charge < -0.3 is 11.1 Å². The molecule has 1 aliphatic rings. The van der Waals surface area contributed by atoms with E-state index in [1.807, 2.05) is 6.20 Å². The molecule has 90 valence electrons. The van der Waals surface area contributed by atoms with Crippen LogP contribution >= 0.6 is 12.4 Å². The van der Waals surface area contributed by atoms with Crippen LogP contribution in [0.1, 0.15) is 37.1 Å². The maximum Gasteiger partial charge on any atom is 0.237 e. The first-order chi connectivity index (χ1) is 7.18. The van der Waals surface area contributed by atoms with Crippen molar-refractivity contribution < 1.29 is 4.79 Å². The number of nitrogens with one attached hydrogen (secondary N) is 2. The Labute approximate surface area is 101 Å².